The summed E-state index contributed by atoms with van der Waals surface area (Å²) in [5.74, 6) is 1.91. The van der Waals surface area contributed by atoms with Crippen LogP contribution in [0.5, 0.6) is 5.75 Å². The summed E-state index contributed by atoms with van der Waals surface area (Å²) in [5.41, 5.74) is 4.16. The summed E-state index contributed by atoms with van der Waals surface area (Å²) in [6.07, 6.45) is 3.88. The maximum absolute atomic E-state index is 14.0. The molecule has 2 aliphatic rings. The Morgan fingerprint density at radius 3 is 2.47 bits per heavy atom. The highest BCUT2D eigenvalue weighted by Gasteiger charge is 2.21. The van der Waals surface area contributed by atoms with Gasteiger partial charge >= 0.3 is 0 Å². The van der Waals surface area contributed by atoms with Crippen molar-refractivity contribution in [3.8, 4) is 5.75 Å². The molecule has 2 aromatic carbocycles. The van der Waals surface area contributed by atoms with Gasteiger partial charge in [-0.1, -0.05) is 34.1 Å². The summed E-state index contributed by atoms with van der Waals surface area (Å²) >= 11 is 3.49. The quantitative estimate of drug-likeness (QED) is 0.326. The Morgan fingerprint density at radius 2 is 1.72 bits per heavy atom. The van der Waals surface area contributed by atoms with Gasteiger partial charge in [0.15, 0.2) is 0 Å². The molecule has 0 bridgehead atoms. The third-order valence-electron chi connectivity index (χ3n) is 5.98. The molecule has 0 spiro atoms. The fraction of sp³-hybridized carbons (Fsp3) is 0.360. The van der Waals surface area contributed by atoms with E-state index >= 15 is 0 Å². The molecule has 2 saturated heterocycles. The lowest BCUT2D eigenvalue weighted by atomic mass is 10.2. The second kappa shape index (κ2) is 11.6. The number of nitrogens with zero attached hydrogens (tertiary/aromatic N) is 6. The van der Waals surface area contributed by atoms with Crippen LogP contribution in [-0.2, 0) is 11.3 Å². The number of benzene rings is 2. The highest BCUT2D eigenvalue weighted by atomic mass is 79.9. The highest BCUT2D eigenvalue weighted by molar-refractivity contribution is 9.10. The molecule has 0 atom stereocenters. The average molecular weight is 556 g/mol. The van der Waals surface area contributed by atoms with Gasteiger partial charge in [-0.3, -0.25) is 0 Å². The van der Waals surface area contributed by atoms with Gasteiger partial charge in [-0.2, -0.15) is 20.1 Å². The predicted octanol–water partition coefficient (Wildman–Crippen LogP) is 4.24. The third-order valence-corrected chi connectivity index (χ3v) is 6.47. The molecule has 0 radical (unpaired) electrons. The van der Waals surface area contributed by atoms with Crippen LogP contribution in [0.4, 0.5) is 22.2 Å². The maximum atomic E-state index is 14.0. The van der Waals surface area contributed by atoms with Crippen molar-refractivity contribution in [2.45, 2.75) is 19.4 Å². The van der Waals surface area contributed by atoms with E-state index in [1.54, 1.807) is 24.4 Å². The normalized spacial score (nSPS) is 16.1. The standard InChI is InChI=1S/C25H27BrFN7O2/c26-20-7-8-22(36-17-18-5-1-2-6-21(18)27)19(15-20)16-28-32-23-29-24(33-9-3-4-10-33)31-25(30-23)34-11-13-35-14-12-34/h1-2,5-8,15-16H,3-4,9-14,17H2,(H,29,30,31,32)/b28-16-. The molecule has 2 fully saturated rings. The molecule has 0 saturated carbocycles. The molecule has 1 N–H and O–H groups in total. The summed E-state index contributed by atoms with van der Waals surface area (Å²) in [4.78, 5) is 18.2. The first-order valence-corrected chi connectivity index (χ1v) is 12.7. The average Bonchev–Trinajstić information content (AvgIpc) is 3.45. The smallest absolute Gasteiger partial charge is 0.250 e. The molecule has 3 heterocycles. The Kier molecular flexibility index (Phi) is 7.87. The molecule has 0 unspecified atom stereocenters. The van der Waals surface area contributed by atoms with Gasteiger partial charge < -0.3 is 19.3 Å². The highest BCUT2D eigenvalue weighted by Crippen LogP contribution is 2.24. The number of nitrogens with one attached hydrogen (secondary N) is 1. The molecule has 3 aromatic rings. The van der Waals surface area contributed by atoms with Gasteiger partial charge in [0, 0.05) is 41.8 Å². The van der Waals surface area contributed by atoms with Gasteiger partial charge in [-0.05, 0) is 37.1 Å². The van der Waals surface area contributed by atoms with E-state index in [2.05, 4.69) is 46.2 Å². The Hall–Kier alpha value is -3.31. The molecule has 11 heteroatoms. The van der Waals surface area contributed by atoms with Crippen LogP contribution in [0.25, 0.3) is 0 Å². The van der Waals surface area contributed by atoms with E-state index in [0.29, 0.717) is 42.4 Å². The molecule has 1 aromatic heterocycles. The van der Waals surface area contributed by atoms with E-state index in [-0.39, 0.29) is 12.4 Å². The Labute approximate surface area is 217 Å². The van der Waals surface area contributed by atoms with Crippen LogP contribution in [0.2, 0.25) is 0 Å². The first-order valence-electron chi connectivity index (χ1n) is 11.9. The number of anilines is 3. The van der Waals surface area contributed by atoms with Gasteiger partial charge in [0.2, 0.25) is 17.8 Å². The van der Waals surface area contributed by atoms with Gasteiger partial charge in [-0.15, -0.1) is 0 Å². The number of morpholine rings is 1. The number of hydrazone groups is 1. The van der Waals surface area contributed by atoms with Crippen LogP contribution >= 0.6 is 15.9 Å². The Morgan fingerprint density at radius 1 is 1.00 bits per heavy atom. The lowest BCUT2D eigenvalue weighted by molar-refractivity contribution is 0.122. The summed E-state index contributed by atoms with van der Waals surface area (Å²) < 4.78 is 26.2. The largest absolute Gasteiger partial charge is 0.488 e. The molecule has 9 nitrogen and oxygen atoms in total. The minimum Gasteiger partial charge on any atom is -0.488 e. The summed E-state index contributed by atoms with van der Waals surface area (Å²) in [7, 11) is 0. The van der Waals surface area contributed by atoms with Crippen LogP contribution in [0, 0.1) is 5.82 Å². The van der Waals surface area contributed by atoms with Crippen LogP contribution in [0.3, 0.4) is 0 Å². The maximum Gasteiger partial charge on any atom is 0.250 e. The van der Waals surface area contributed by atoms with Crippen molar-refractivity contribution >= 4 is 40.0 Å². The van der Waals surface area contributed by atoms with E-state index in [9.17, 15) is 4.39 Å². The second-order valence-corrected chi connectivity index (χ2v) is 9.40. The van der Waals surface area contributed by atoms with E-state index in [1.165, 1.54) is 6.07 Å². The predicted molar refractivity (Wildman–Crippen MR) is 140 cm³/mol. The van der Waals surface area contributed by atoms with Crippen molar-refractivity contribution in [2.24, 2.45) is 5.10 Å². The van der Waals surface area contributed by atoms with Crippen LogP contribution in [0.1, 0.15) is 24.0 Å². The molecule has 0 aliphatic carbocycles. The lowest BCUT2D eigenvalue weighted by Gasteiger charge is -2.27. The lowest BCUT2D eigenvalue weighted by Crippen LogP contribution is -2.38. The summed E-state index contributed by atoms with van der Waals surface area (Å²) in [6.45, 7) is 4.71. The monoisotopic (exact) mass is 555 g/mol. The molecule has 0 amide bonds. The third kappa shape index (κ3) is 6.08. The van der Waals surface area contributed by atoms with Gasteiger partial charge in [-0.25, -0.2) is 9.82 Å². The van der Waals surface area contributed by atoms with Crippen LogP contribution in [0.15, 0.2) is 52.0 Å². The second-order valence-electron chi connectivity index (χ2n) is 8.48. The summed E-state index contributed by atoms with van der Waals surface area (Å²) in [5, 5.41) is 4.38. The molecular weight excluding hydrogens is 529 g/mol. The minimum atomic E-state index is -0.300. The fourth-order valence-electron chi connectivity index (χ4n) is 4.05. The van der Waals surface area contributed by atoms with Crippen molar-refractivity contribution in [1.29, 1.82) is 0 Å². The van der Waals surface area contributed by atoms with Gasteiger partial charge in [0.1, 0.15) is 18.2 Å². The summed E-state index contributed by atoms with van der Waals surface area (Å²) in [6, 6.07) is 12.1. The van der Waals surface area contributed by atoms with E-state index in [0.717, 1.165) is 49.1 Å². The van der Waals surface area contributed by atoms with Crippen LogP contribution < -0.4 is 20.0 Å². The Bertz CT molecular complexity index is 1220. The van der Waals surface area contributed by atoms with Gasteiger partial charge in [0.05, 0.1) is 19.4 Å². The molecule has 2 aliphatic heterocycles. The van der Waals surface area contributed by atoms with E-state index < -0.39 is 0 Å². The number of halogens is 2. The van der Waals surface area contributed by atoms with Crippen molar-refractivity contribution in [3.05, 3.63) is 63.9 Å². The molecule has 5 rings (SSSR count). The number of ether oxygens (including phenoxy) is 2. The zero-order valence-corrected chi connectivity index (χ0v) is 21.3. The number of rotatable bonds is 8. The minimum absolute atomic E-state index is 0.109. The zero-order chi connectivity index (χ0) is 24.7. The number of aromatic nitrogens is 3. The SMILES string of the molecule is Fc1ccccc1COc1ccc(Br)cc1/C=N\Nc1nc(N2CCCC2)nc(N2CCOCC2)n1. The fourth-order valence-corrected chi connectivity index (χ4v) is 4.43. The Balaban J connectivity index is 1.34. The molecular formula is C25H27BrFN7O2. The van der Waals surface area contributed by atoms with E-state index in [4.69, 9.17) is 14.5 Å². The molecule has 36 heavy (non-hydrogen) atoms. The van der Waals surface area contributed by atoms with Crippen molar-refractivity contribution in [1.82, 2.24) is 15.0 Å². The number of hydrogen-bond acceptors (Lipinski definition) is 9. The first kappa shape index (κ1) is 24.4. The first-order chi connectivity index (χ1) is 17.7. The van der Waals surface area contributed by atoms with Crippen molar-refractivity contribution in [3.63, 3.8) is 0 Å². The molecule has 188 valence electrons. The zero-order valence-electron chi connectivity index (χ0n) is 19.7. The van der Waals surface area contributed by atoms with Crippen molar-refractivity contribution < 1.29 is 13.9 Å². The van der Waals surface area contributed by atoms with E-state index in [1.807, 2.05) is 18.2 Å². The topological polar surface area (TPSA) is 88.0 Å². The van der Waals surface area contributed by atoms with Crippen LogP contribution in [-0.4, -0.2) is 60.6 Å². The van der Waals surface area contributed by atoms with Gasteiger partial charge in [0.25, 0.3) is 0 Å². The van der Waals surface area contributed by atoms with Crippen molar-refractivity contribution in [2.75, 3.05) is 54.6 Å². The number of hydrogen-bond donors (Lipinski definition) is 1.